The molecule has 2 fully saturated rings. The number of ether oxygens (including phenoxy) is 2. The van der Waals surface area contributed by atoms with Crippen molar-refractivity contribution >= 4 is 23.3 Å². The van der Waals surface area contributed by atoms with Crippen LogP contribution in [0.5, 0.6) is 11.5 Å². The van der Waals surface area contributed by atoms with Crippen molar-refractivity contribution in [3.8, 4) is 11.5 Å². The van der Waals surface area contributed by atoms with Gasteiger partial charge in [0.1, 0.15) is 18.8 Å². The Bertz CT molecular complexity index is 974. The smallest absolute Gasteiger partial charge is 0.326 e. The highest BCUT2D eigenvalue weighted by molar-refractivity contribution is 7.07. The van der Waals surface area contributed by atoms with E-state index in [0.29, 0.717) is 36.9 Å². The lowest BCUT2D eigenvalue weighted by atomic mass is 9.91. The van der Waals surface area contributed by atoms with Gasteiger partial charge in [0.25, 0.3) is 5.91 Å². The van der Waals surface area contributed by atoms with E-state index in [4.69, 9.17) is 9.47 Å². The molecule has 4 heterocycles. The molecule has 31 heavy (non-hydrogen) atoms. The van der Waals surface area contributed by atoms with Crippen LogP contribution in [-0.4, -0.2) is 72.7 Å². The number of hydrogen-bond acceptors (Lipinski definition) is 7. The number of rotatable bonds is 5. The maximum atomic E-state index is 13.3. The molecule has 0 bridgehead atoms. The van der Waals surface area contributed by atoms with Gasteiger partial charge in [0.2, 0.25) is 0 Å². The van der Waals surface area contributed by atoms with Gasteiger partial charge in [-0.05, 0) is 47.0 Å². The first-order valence-electron chi connectivity index (χ1n) is 10.5. The van der Waals surface area contributed by atoms with E-state index in [-0.39, 0.29) is 11.9 Å². The summed E-state index contributed by atoms with van der Waals surface area (Å²) in [5.41, 5.74) is 0.911. The lowest BCUT2D eigenvalue weighted by Crippen LogP contribution is -2.51. The van der Waals surface area contributed by atoms with Gasteiger partial charge in [-0.15, -0.1) is 0 Å². The standard InChI is InChI=1S/C22H26N4O4S/c1-22(17-2-3-18-19(12-17)30-10-9-29-18)20(27)26(21(28)23-22)15-25-7-5-24(6-8-25)13-16-4-11-31-14-16/h2-4,11-12,14H,5-10,13,15H2,1H3,(H,23,28)/t22-/m0/s1. The Balaban J connectivity index is 1.23. The van der Waals surface area contributed by atoms with Crippen LogP contribution >= 0.6 is 11.3 Å². The third kappa shape index (κ3) is 3.88. The Morgan fingerprint density at radius 1 is 1.03 bits per heavy atom. The van der Waals surface area contributed by atoms with Gasteiger partial charge < -0.3 is 14.8 Å². The highest BCUT2D eigenvalue weighted by atomic mass is 32.1. The maximum Gasteiger partial charge on any atom is 0.326 e. The van der Waals surface area contributed by atoms with Gasteiger partial charge in [0.15, 0.2) is 11.5 Å². The Morgan fingerprint density at radius 2 is 1.77 bits per heavy atom. The normalized spacial score (nSPS) is 24.5. The first-order valence-corrected chi connectivity index (χ1v) is 11.5. The van der Waals surface area contributed by atoms with Gasteiger partial charge in [-0.2, -0.15) is 11.3 Å². The number of piperazine rings is 1. The monoisotopic (exact) mass is 442 g/mol. The Morgan fingerprint density at radius 3 is 2.52 bits per heavy atom. The van der Waals surface area contributed by atoms with Crippen LogP contribution in [0.25, 0.3) is 0 Å². The van der Waals surface area contributed by atoms with E-state index in [0.717, 1.165) is 32.7 Å². The van der Waals surface area contributed by atoms with Crippen molar-refractivity contribution in [3.05, 3.63) is 46.2 Å². The van der Waals surface area contributed by atoms with Crippen molar-refractivity contribution < 1.29 is 19.1 Å². The number of benzene rings is 1. The van der Waals surface area contributed by atoms with Crippen LogP contribution in [0.3, 0.4) is 0 Å². The molecule has 3 amide bonds. The molecular weight excluding hydrogens is 416 g/mol. The molecular formula is C22H26N4O4S. The molecule has 1 aromatic heterocycles. The number of fused-ring (bicyclic) bond motifs is 1. The highest BCUT2D eigenvalue weighted by Gasteiger charge is 2.49. The van der Waals surface area contributed by atoms with E-state index in [9.17, 15) is 9.59 Å². The summed E-state index contributed by atoms with van der Waals surface area (Å²) in [5.74, 6) is 1.02. The molecule has 1 atom stereocenters. The first kappa shape index (κ1) is 20.3. The van der Waals surface area contributed by atoms with Crippen LogP contribution in [0.15, 0.2) is 35.0 Å². The second-order valence-electron chi connectivity index (χ2n) is 8.31. The Hall–Kier alpha value is -2.62. The molecule has 1 aromatic carbocycles. The summed E-state index contributed by atoms with van der Waals surface area (Å²) in [6.07, 6.45) is 0. The summed E-state index contributed by atoms with van der Waals surface area (Å²) in [7, 11) is 0. The zero-order valence-electron chi connectivity index (χ0n) is 17.5. The largest absolute Gasteiger partial charge is 0.486 e. The molecule has 2 aromatic rings. The molecule has 1 N–H and O–H groups in total. The van der Waals surface area contributed by atoms with Gasteiger partial charge in [-0.3, -0.25) is 14.6 Å². The minimum atomic E-state index is -1.12. The van der Waals surface area contributed by atoms with E-state index in [1.807, 2.05) is 6.07 Å². The number of thiophene rings is 1. The third-order valence-electron chi connectivity index (χ3n) is 6.19. The minimum Gasteiger partial charge on any atom is -0.486 e. The molecule has 0 spiro atoms. The first-order chi connectivity index (χ1) is 15.0. The lowest BCUT2D eigenvalue weighted by molar-refractivity contribution is -0.132. The van der Waals surface area contributed by atoms with Crippen molar-refractivity contribution in [2.24, 2.45) is 0 Å². The molecule has 8 nitrogen and oxygen atoms in total. The summed E-state index contributed by atoms with van der Waals surface area (Å²) in [6.45, 7) is 7.45. The number of hydrogen-bond donors (Lipinski definition) is 1. The fourth-order valence-electron chi connectivity index (χ4n) is 4.31. The number of amides is 3. The molecule has 0 radical (unpaired) electrons. The molecule has 5 rings (SSSR count). The molecule has 0 unspecified atom stereocenters. The average Bonchev–Trinajstić information content (AvgIpc) is 3.37. The summed E-state index contributed by atoms with van der Waals surface area (Å²) >= 11 is 1.72. The number of carbonyl (C=O) groups excluding carboxylic acids is 2. The van der Waals surface area contributed by atoms with Gasteiger partial charge in [0, 0.05) is 32.7 Å². The van der Waals surface area contributed by atoms with Crippen LogP contribution in [0.1, 0.15) is 18.1 Å². The summed E-state index contributed by atoms with van der Waals surface area (Å²) < 4.78 is 11.2. The lowest BCUT2D eigenvalue weighted by Gasteiger charge is -2.36. The van der Waals surface area contributed by atoms with Gasteiger partial charge >= 0.3 is 6.03 Å². The molecule has 0 saturated carbocycles. The molecule has 2 saturated heterocycles. The SMILES string of the molecule is C[C@@]1(c2ccc3c(c2)OCCO3)NC(=O)N(CN2CCN(Cc3ccsc3)CC2)C1=O. The van der Waals surface area contributed by atoms with E-state index in [1.165, 1.54) is 10.5 Å². The second kappa shape index (κ2) is 8.14. The summed E-state index contributed by atoms with van der Waals surface area (Å²) in [4.78, 5) is 31.9. The number of carbonyl (C=O) groups is 2. The van der Waals surface area contributed by atoms with Crippen molar-refractivity contribution in [3.63, 3.8) is 0 Å². The number of nitrogens with zero attached hydrogens (tertiary/aromatic N) is 3. The van der Waals surface area contributed by atoms with Crippen molar-refractivity contribution in [1.82, 2.24) is 20.0 Å². The third-order valence-corrected chi connectivity index (χ3v) is 6.92. The van der Waals surface area contributed by atoms with Crippen molar-refractivity contribution in [2.45, 2.75) is 19.0 Å². The molecule has 3 aliphatic rings. The van der Waals surface area contributed by atoms with E-state index >= 15 is 0 Å². The van der Waals surface area contributed by atoms with Gasteiger partial charge in [-0.1, -0.05) is 6.07 Å². The average molecular weight is 443 g/mol. The van der Waals surface area contributed by atoms with E-state index in [1.54, 1.807) is 30.4 Å². The number of urea groups is 1. The molecule has 3 aliphatic heterocycles. The van der Waals surface area contributed by atoms with Crippen molar-refractivity contribution in [1.29, 1.82) is 0 Å². The topological polar surface area (TPSA) is 74.4 Å². The van der Waals surface area contributed by atoms with E-state index < -0.39 is 5.54 Å². The number of imide groups is 1. The van der Waals surface area contributed by atoms with Crippen LogP contribution in [0.4, 0.5) is 4.79 Å². The maximum absolute atomic E-state index is 13.3. The van der Waals surface area contributed by atoms with E-state index in [2.05, 4.69) is 31.9 Å². The quantitative estimate of drug-likeness (QED) is 0.715. The fourth-order valence-corrected chi connectivity index (χ4v) is 4.96. The molecule has 164 valence electrons. The Kier molecular flexibility index (Phi) is 5.33. The summed E-state index contributed by atoms with van der Waals surface area (Å²) in [5, 5.41) is 7.16. The van der Waals surface area contributed by atoms with Crippen LogP contribution < -0.4 is 14.8 Å². The number of nitrogens with one attached hydrogen (secondary N) is 1. The summed E-state index contributed by atoms with van der Waals surface area (Å²) in [6, 6.07) is 7.20. The molecule has 0 aliphatic carbocycles. The fraction of sp³-hybridized carbons (Fsp3) is 0.455. The zero-order valence-corrected chi connectivity index (χ0v) is 18.3. The van der Waals surface area contributed by atoms with Crippen LogP contribution in [0.2, 0.25) is 0 Å². The van der Waals surface area contributed by atoms with Crippen LogP contribution in [0, 0.1) is 0 Å². The zero-order chi connectivity index (χ0) is 21.4. The minimum absolute atomic E-state index is 0.241. The van der Waals surface area contributed by atoms with Crippen LogP contribution in [-0.2, 0) is 16.9 Å². The van der Waals surface area contributed by atoms with Gasteiger partial charge in [0.05, 0.1) is 6.67 Å². The Labute approximate surface area is 185 Å². The van der Waals surface area contributed by atoms with Crippen molar-refractivity contribution in [2.75, 3.05) is 46.1 Å². The predicted octanol–water partition coefficient (Wildman–Crippen LogP) is 2.06. The predicted molar refractivity (Wildman–Crippen MR) is 116 cm³/mol. The van der Waals surface area contributed by atoms with Gasteiger partial charge in [-0.25, -0.2) is 9.69 Å². The molecule has 9 heteroatoms. The highest BCUT2D eigenvalue weighted by Crippen LogP contribution is 2.36. The second-order valence-corrected chi connectivity index (χ2v) is 9.09.